The molecule has 1 amide bonds. The fraction of sp³-hybridized carbons (Fsp3) is 0.533. The zero-order valence-corrected chi connectivity index (χ0v) is 11.3. The molecule has 0 aliphatic carbocycles. The number of rotatable bonds is 5. The van der Waals surface area contributed by atoms with E-state index in [1.807, 2.05) is 13.8 Å². The molecule has 0 saturated heterocycles. The highest BCUT2D eigenvalue weighted by Gasteiger charge is 2.05. The molecule has 0 fully saturated rings. The molecular formula is C15H23NO. The van der Waals surface area contributed by atoms with Crippen LogP contribution in [0.5, 0.6) is 0 Å². The maximum atomic E-state index is 11.6. The van der Waals surface area contributed by atoms with Crippen molar-refractivity contribution >= 4 is 5.91 Å². The van der Waals surface area contributed by atoms with Crippen molar-refractivity contribution in [2.45, 2.75) is 46.6 Å². The molecule has 1 aromatic rings. The van der Waals surface area contributed by atoms with Gasteiger partial charge in [0.25, 0.3) is 0 Å². The molecule has 94 valence electrons. The Balaban J connectivity index is 2.53. The van der Waals surface area contributed by atoms with Crippen molar-refractivity contribution in [3.05, 3.63) is 35.4 Å². The van der Waals surface area contributed by atoms with Gasteiger partial charge in [-0.3, -0.25) is 4.79 Å². The fourth-order valence-corrected chi connectivity index (χ4v) is 1.82. The van der Waals surface area contributed by atoms with E-state index in [1.54, 1.807) is 0 Å². The lowest BCUT2D eigenvalue weighted by atomic mass is 10.0. The molecular weight excluding hydrogens is 210 g/mol. The van der Waals surface area contributed by atoms with Gasteiger partial charge in [0.2, 0.25) is 5.91 Å². The molecule has 0 aromatic heterocycles. The zero-order chi connectivity index (χ0) is 12.8. The molecule has 0 atom stereocenters. The standard InChI is InChI=1S/C15H23NO/c1-11(2)9-13-5-7-14(8-6-13)10-15(17)16-12(3)4/h5-8,11-12H,9-10H2,1-4H3,(H,16,17). The second-order valence-electron chi connectivity index (χ2n) is 5.31. The van der Waals surface area contributed by atoms with Crippen LogP contribution in [0.15, 0.2) is 24.3 Å². The topological polar surface area (TPSA) is 29.1 Å². The van der Waals surface area contributed by atoms with Gasteiger partial charge in [-0.1, -0.05) is 38.1 Å². The average Bonchev–Trinajstić information content (AvgIpc) is 2.18. The highest BCUT2D eigenvalue weighted by Crippen LogP contribution is 2.10. The summed E-state index contributed by atoms with van der Waals surface area (Å²) in [6.07, 6.45) is 1.57. The Morgan fingerprint density at radius 2 is 1.59 bits per heavy atom. The van der Waals surface area contributed by atoms with Crippen LogP contribution in [0, 0.1) is 5.92 Å². The average molecular weight is 233 g/mol. The van der Waals surface area contributed by atoms with E-state index in [-0.39, 0.29) is 11.9 Å². The monoisotopic (exact) mass is 233 g/mol. The van der Waals surface area contributed by atoms with Crippen LogP contribution in [0.1, 0.15) is 38.8 Å². The van der Waals surface area contributed by atoms with Crippen molar-refractivity contribution in [3.63, 3.8) is 0 Å². The third-order valence-electron chi connectivity index (χ3n) is 2.48. The molecule has 0 spiro atoms. The van der Waals surface area contributed by atoms with E-state index in [4.69, 9.17) is 0 Å². The van der Waals surface area contributed by atoms with Crippen LogP contribution in [0.4, 0.5) is 0 Å². The molecule has 0 bridgehead atoms. The second-order valence-corrected chi connectivity index (χ2v) is 5.31. The van der Waals surface area contributed by atoms with Crippen LogP contribution < -0.4 is 5.32 Å². The molecule has 1 aromatic carbocycles. The minimum Gasteiger partial charge on any atom is -0.354 e. The maximum Gasteiger partial charge on any atom is 0.224 e. The van der Waals surface area contributed by atoms with Crippen molar-refractivity contribution in [2.75, 3.05) is 0 Å². The molecule has 0 radical (unpaired) electrons. The number of carbonyl (C=O) groups is 1. The minimum absolute atomic E-state index is 0.0941. The van der Waals surface area contributed by atoms with Gasteiger partial charge < -0.3 is 5.32 Å². The Hall–Kier alpha value is -1.31. The van der Waals surface area contributed by atoms with Gasteiger partial charge in [-0.05, 0) is 37.3 Å². The lowest BCUT2D eigenvalue weighted by Gasteiger charge is -2.09. The van der Waals surface area contributed by atoms with Gasteiger partial charge in [-0.2, -0.15) is 0 Å². The number of carbonyl (C=O) groups excluding carboxylic acids is 1. The van der Waals surface area contributed by atoms with Crippen molar-refractivity contribution in [2.24, 2.45) is 5.92 Å². The van der Waals surface area contributed by atoms with Gasteiger partial charge in [0.05, 0.1) is 6.42 Å². The van der Waals surface area contributed by atoms with Crippen molar-refractivity contribution in [1.82, 2.24) is 5.32 Å². The van der Waals surface area contributed by atoms with Crippen molar-refractivity contribution < 1.29 is 4.79 Å². The van der Waals surface area contributed by atoms with Crippen molar-refractivity contribution in [3.8, 4) is 0 Å². The first-order valence-electron chi connectivity index (χ1n) is 6.34. The molecule has 0 aliphatic rings. The van der Waals surface area contributed by atoms with E-state index in [1.165, 1.54) is 5.56 Å². The van der Waals surface area contributed by atoms with E-state index in [0.717, 1.165) is 12.0 Å². The number of nitrogens with one attached hydrogen (secondary N) is 1. The first kappa shape index (κ1) is 13.8. The Bertz CT molecular complexity index is 352. The van der Waals surface area contributed by atoms with Crippen LogP contribution in [-0.2, 0) is 17.6 Å². The van der Waals surface area contributed by atoms with Crippen LogP contribution in [0.25, 0.3) is 0 Å². The molecule has 0 saturated carbocycles. The van der Waals surface area contributed by atoms with Gasteiger partial charge in [-0.15, -0.1) is 0 Å². The predicted octanol–water partition coefficient (Wildman–Crippen LogP) is 2.95. The SMILES string of the molecule is CC(C)Cc1ccc(CC(=O)NC(C)C)cc1. The third kappa shape index (κ3) is 5.53. The van der Waals surface area contributed by atoms with Gasteiger partial charge in [0, 0.05) is 6.04 Å². The maximum absolute atomic E-state index is 11.6. The van der Waals surface area contributed by atoms with Gasteiger partial charge in [0.1, 0.15) is 0 Å². The Labute approximate surface area is 104 Å². The van der Waals surface area contributed by atoms with E-state index in [0.29, 0.717) is 12.3 Å². The predicted molar refractivity (Wildman–Crippen MR) is 72.0 cm³/mol. The van der Waals surface area contributed by atoms with Gasteiger partial charge in [-0.25, -0.2) is 0 Å². The second kappa shape index (κ2) is 6.43. The number of amides is 1. The summed E-state index contributed by atoms with van der Waals surface area (Å²) in [6.45, 7) is 8.38. The van der Waals surface area contributed by atoms with Gasteiger partial charge >= 0.3 is 0 Å². The number of benzene rings is 1. The summed E-state index contributed by atoms with van der Waals surface area (Å²) in [5.74, 6) is 0.765. The summed E-state index contributed by atoms with van der Waals surface area (Å²) in [4.78, 5) is 11.6. The quantitative estimate of drug-likeness (QED) is 0.832. The number of hydrogen-bond donors (Lipinski definition) is 1. The third-order valence-corrected chi connectivity index (χ3v) is 2.48. The smallest absolute Gasteiger partial charge is 0.224 e. The summed E-state index contributed by atoms with van der Waals surface area (Å²) < 4.78 is 0. The van der Waals surface area contributed by atoms with E-state index >= 15 is 0 Å². The van der Waals surface area contributed by atoms with Crippen LogP contribution >= 0.6 is 0 Å². The van der Waals surface area contributed by atoms with Crippen LogP contribution in [0.2, 0.25) is 0 Å². The molecule has 0 unspecified atom stereocenters. The molecule has 1 rings (SSSR count). The van der Waals surface area contributed by atoms with Gasteiger partial charge in [0.15, 0.2) is 0 Å². The normalized spacial score (nSPS) is 10.9. The molecule has 1 N–H and O–H groups in total. The Morgan fingerprint density at radius 3 is 2.06 bits per heavy atom. The summed E-state index contributed by atoms with van der Waals surface area (Å²) in [7, 11) is 0. The highest BCUT2D eigenvalue weighted by molar-refractivity contribution is 5.78. The first-order valence-corrected chi connectivity index (χ1v) is 6.34. The molecule has 0 aliphatic heterocycles. The minimum atomic E-state index is 0.0941. The summed E-state index contributed by atoms with van der Waals surface area (Å²) >= 11 is 0. The summed E-state index contributed by atoms with van der Waals surface area (Å²) in [5, 5.41) is 2.90. The largest absolute Gasteiger partial charge is 0.354 e. The molecule has 2 heteroatoms. The van der Waals surface area contributed by atoms with Crippen molar-refractivity contribution in [1.29, 1.82) is 0 Å². The Morgan fingerprint density at radius 1 is 1.06 bits per heavy atom. The highest BCUT2D eigenvalue weighted by atomic mass is 16.1. The van der Waals surface area contributed by atoms with E-state index < -0.39 is 0 Å². The molecule has 2 nitrogen and oxygen atoms in total. The molecule has 17 heavy (non-hydrogen) atoms. The summed E-state index contributed by atoms with van der Waals surface area (Å²) in [5.41, 5.74) is 2.42. The zero-order valence-electron chi connectivity index (χ0n) is 11.3. The lowest BCUT2D eigenvalue weighted by molar-refractivity contribution is -0.120. The fourth-order valence-electron chi connectivity index (χ4n) is 1.82. The summed E-state index contributed by atoms with van der Waals surface area (Å²) in [6, 6.07) is 8.56. The molecule has 0 heterocycles. The Kier molecular flexibility index (Phi) is 5.20. The van der Waals surface area contributed by atoms with E-state index in [2.05, 4.69) is 43.4 Å². The lowest BCUT2D eigenvalue weighted by Crippen LogP contribution is -2.31. The number of hydrogen-bond acceptors (Lipinski definition) is 1. The van der Waals surface area contributed by atoms with E-state index in [9.17, 15) is 4.79 Å². The van der Waals surface area contributed by atoms with Crippen LogP contribution in [-0.4, -0.2) is 11.9 Å². The first-order chi connectivity index (χ1) is 7.97. The van der Waals surface area contributed by atoms with Crippen LogP contribution in [0.3, 0.4) is 0 Å².